The number of imidazole rings is 1. The van der Waals surface area contributed by atoms with Gasteiger partial charge in [-0.25, -0.2) is 4.98 Å². The van der Waals surface area contributed by atoms with Crippen LogP contribution in [0.2, 0.25) is 0 Å². The number of carbonyl (C=O) groups is 1. The number of morpholine rings is 1. The van der Waals surface area contributed by atoms with Crippen LogP contribution >= 0.6 is 24.8 Å². The van der Waals surface area contributed by atoms with Crippen molar-refractivity contribution in [2.75, 3.05) is 32.8 Å². The van der Waals surface area contributed by atoms with Crippen molar-refractivity contribution in [3.05, 3.63) is 17.7 Å². The summed E-state index contributed by atoms with van der Waals surface area (Å²) < 4.78 is 8.09. The molecule has 3 aliphatic heterocycles. The molecule has 4 heterocycles. The third-order valence-corrected chi connectivity index (χ3v) is 5.67. The van der Waals surface area contributed by atoms with Crippen molar-refractivity contribution in [3.63, 3.8) is 0 Å². The Hall–Kier alpha value is -0.860. The van der Waals surface area contributed by atoms with E-state index in [1.54, 1.807) is 0 Å². The first kappa shape index (κ1) is 22.4. The van der Waals surface area contributed by atoms with Gasteiger partial charge in [-0.2, -0.15) is 0 Å². The molecule has 0 radical (unpaired) electrons. The van der Waals surface area contributed by atoms with E-state index in [0.717, 1.165) is 58.0 Å². The van der Waals surface area contributed by atoms with Crippen molar-refractivity contribution in [3.8, 4) is 0 Å². The van der Waals surface area contributed by atoms with Gasteiger partial charge < -0.3 is 19.9 Å². The molecule has 3 atom stereocenters. The Morgan fingerprint density at radius 2 is 2.15 bits per heavy atom. The van der Waals surface area contributed by atoms with Crippen LogP contribution in [-0.2, 0) is 17.7 Å². The summed E-state index contributed by atoms with van der Waals surface area (Å²) in [4.78, 5) is 19.7. The van der Waals surface area contributed by atoms with Gasteiger partial charge in [-0.1, -0.05) is 13.8 Å². The first-order valence-corrected chi connectivity index (χ1v) is 9.53. The SMILES string of the molecule is CC(C)[C@@H]1CN2C[C@@H](NC(=O)c3cn4c(n3)CCNCC4)C[C@H]2CO1.Cl.Cl. The van der Waals surface area contributed by atoms with Crippen LogP contribution in [0.4, 0.5) is 0 Å². The molecule has 0 unspecified atom stereocenters. The summed E-state index contributed by atoms with van der Waals surface area (Å²) in [6, 6.07) is 0.625. The molecular formula is C18H31Cl2N5O2. The van der Waals surface area contributed by atoms with E-state index >= 15 is 0 Å². The topological polar surface area (TPSA) is 71.4 Å². The quantitative estimate of drug-likeness (QED) is 0.767. The minimum atomic E-state index is -0.0419. The molecule has 0 aromatic carbocycles. The summed E-state index contributed by atoms with van der Waals surface area (Å²) in [5, 5.41) is 6.54. The first-order valence-electron chi connectivity index (χ1n) is 9.53. The lowest BCUT2D eigenvalue weighted by atomic mass is 10.0. The summed E-state index contributed by atoms with van der Waals surface area (Å²) in [5.41, 5.74) is 0.554. The lowest BCUT2D eigenvalue weighted by molar-refractivity contribution is -0.0683. The number of aromatic nitrogens is 2. The van der Waals surface area contributed by atoms with Crippen LogP contribution in [0.25, 0.3) is 0 Å². The second-order valence-electron chi connectivity index (χ2n) is 7.87. The molecule has 4 rings (SSSR count). The number of fused-ring (bicyclic) bond motifs is 2. The molecule has 0 spiro atoms. The zero-order valence-corrected chi connectivity index (χ0v) is 17.7. The van der Waals surface area contributed by atoms with Crippen LogP contribution in [0.5, 0.6) is 0 Å². The van der Waals surface area contributed by atoms with E-state index in [1.807, 2.05) is 6.20 Å². The van der Waals surface area contributed by atoms with E-state index in [-0.39, 0.29) is 36.8 Å². The number of hydrogen-bond donors (Lipinski definition) is 2. The molecule has 1 aromatic heterocycles. The largest absolute Gasteiger partial charge is 0.375 e. The molecule has 2 N–H and O–H groups in total. The number of ether oxygens (including phenoxy) is 1. The lowest BCUT2D eigenvalue weighted by Crippen LogP contribution is -2.48. The van der Waals surface area contributed by atoms with Gasteiger partial charge in [0.25, 0.3) is 5.91 Å². The van der Waals surface area contributed by atoms with Crippen LogP contribution in [-0.4, -0.2) is 71.3 Å². The van der Waals surface area contributed by atoms with Crippen LogP contribution < -0.4 is 10.6 Å². The fourth-order valence-corrected chi connectivity index (χ4v) is 4.15. The lowest BCUT2D eigenvalue weighted by Gasteiger charge is -2.36. The van der Waals surface area contributed by atoms with Crippen LogP contribution in [0, 0.1) is 5.92 Å². The average Bonchev–Trinajstić information content (AvgIpc) is 3.11. The third-order valence-electron chi connectivity index (χ3n) is 5.67. The van der Waals surface area contributed by atoms with E-state index in [9.17, 15) is 4.79 Å². The summed E-state index contributed by atoms with van der Waals surface area (Å²) in [5.74, 6) is 1.50. The van der Waals surface area contributed by atoms with Gasteiger partial charge in [-0.05, 0) is 12.3 Å². The Morgan fingerprint density at radius 1 is 1.33 bits per heavy atom. The fourth-order valence-electron chi connectivity index (χ4n) is 4.15. The monoisotopic (exact) mass is 419 g/mol. The van der Waals surface area contributed by atoms with E-state index < -0.39 is 0 Å². The number of hydrogen-bond acceptors (Lipinski definition) is 5. The van der Waals surface area contributed by atoms with Gasteiger partial charge in [0.15, 0.2) is 0 Å². The van der Waals surface area contributed by atoms with Crippen molar-refractivity contribution >= 4 is 30.7 Å². The molecule has 0 aliphatic carbocycles. The van der Waals surface area contributed by atoms with Gasteiger partial charge in [-0.3, -0.25) is 9.69 Å². The van der Waals surface area contributed by atoms with E-state index in [1.165, 1.54) is 0 Å². The molecule has 0 bridgehead atoms. The van der Waals surface area contributed by atoms with Gasteiger partial charge in [0.05, 0.1) is 12.7 Å². The van der Waals surface area contributed by atoms with Crippen molar-refractivity contribution in [1.29, 1.82) is 0 Å². The minimum absolute atomic E-state index is 0. The Labute approximate surface area is 173 Å². The minimum Gasteiger partial charge on any atom is -0.375 e. The van der Waals surface area contributed by atoms with Crippen LogP contribution in [0.3, 0.4) is 0 Å². The number of nitrogens with one attached hydrogen (secondary N) is 2. The maximum atomic E-state index is 12.6. The maximum absolute atomic E-state index is 12.6. The summed E-state index contributed by atoms with van der Waals surface area (Å²) in [6.45, 7) is 9.82. The first-order chi connectivity index (χ1) is 12.1. The molecule has 0 saturated carbocycles. The molecule has 27 heavy (non-hydrogen) atoms. The second kappa shape index (κ2) is 9.56. The Kier molecular flexibility index (Phi) is 7.94. The molecule has 1 aromatic rings. The van der Waals surface area contributed by atoms with Crippen molar-refractivity contribution < 1.29 is 9.53 Å². The number of rotatable bonds is 3. The number of halogens is 2. The van der Waals surface area contributed by atoms with Gasteiger partial charge in [0, 0.05) is 57.4 Å². The Morgan fingerprint density at radius 3 is 2.93 bits per heavy atom. The molecule has 2 fully saturated rings. The average molecular weight is 420 g/mol. The van der Waals surface area contributed by atoms with Crippen molar-refractivity contribution in [2.24, 2.45) is 5.92 Å². The molecule has 9 heteroatoms. The predicted octanol–water partition coefficient (Wildman–Crippen LogP) is 1.10. The Bertz CT molecular complexity index is 616. The maximum Gasteiger partial charge on any atom is 0.271 e. The zero-order valence-electron chi connectivity index (χ0n) is 16.0. The van der Waals surface area contributed by atoms with Crippen LogP contribution in [0.15, 0.2) is 6.20 Å². The summed E-state index contributed by atoms with van der Waals surface area (Å²) >= 11 is 0. The molecule has 2 saturated heterocycles. The van der Waals surface area contributed by atoms with E-state index in [4.69, 9.17) is 4.74 Å². The number of carbonyl (C=O) groups excluding carboxylic acids is 1. The fraction of sp³-hybridized carbons (Fsp3) is 0.778. The molecule has 154 valence electrons. The predicted molar refractivity (Wildman–Crippen MR) is 109 cm³/mol. The molecular weight excluding hydrogens is 389 g/mol. The van der Waals surface area contributed by atoms with Gasteiger partial charge in [0.2, 0.25) is 0 Å². The highest BCUT2D eigenvalue weighted by molar-refractivity contribution is 5.92. The van der Waals surface area contributed by atoms with Gasteiger partial charge in [-0.15, -0.1) is 24.8 Å². The second-order valence-corrected chi connectivity index (χ2v) is 7.87. The smallest absolute Gasteiger partial charge is 0.271 e. The van der Waals surface area contributed by atoms with Crippen molar-refractivity contribution in [1.82, 2.24) is 25.1 Å². The third kappa shape index (κ3) is 4.95. The molecule has 3 aliphatic rings. The van der Waals surface area contributed by atoms with Gasteiger partial charge in [0.1, 0.15) is 11.5 Å². The highest BCUT2D eigenvalue weighted by Crippen LogP contribution is 2.26. The zero-order chi connectivity index (χ0) is 17.4. The van der Waals surface area contributed by atoms with Crippen molar-refractivity contribution in [2.45, 2.75) is 51.4 Å². The molecule has 1 amide bonds. The summed E-state index contributed by atoms with van der Waals surface area (Å²) in [6.07, 6.45) is 4.05. The van der Waals surface area contributed by atoms with Crippen LogP contribution in [0.1, 0.15) is 36.6 Å². The number of nitrogens with zero attached hydrogens (tertiary/aromatic N) is 3. The molecule has 7 nitrogen and oxygen atoms in total. The normalized spacial score (nSPS) is 27.7. The van der Waals surface area contributed by atoms with Gasteiger partial charge >= 0.3 is 0 Å². The standard InChI is InChI=1S/C18H29N5O2.2ClH/c1-12(2)16-10-23-8-13(7-14(23)11-25-16)20-18(24)15-9-22-6-5-19-4-3-17(22)21-15;;/h9,12-14,16,19H,3-8,10-11H2,1-2H3,(H,20,24);2*1H/t13-,14-,16-;;/m0../s1. The van der Waals surface area contributed by atoms with E-state index in [2.05, 4.69) is 38.9 Å². The summed E-state index contributed by atoms with van der Waals surface area (Å²) in [7, 11) is 0. The highest BCUT2D eigenvalue weighted by Gasteiger charge is 2.38. The number of amides is 1. The van der Waals surface area contributed by atoms with E-state index in [0.29, 0.717) is 23.8 Å². The Balaban J connectivity index is 0.00000131. The highest BCUT2D eigenvalue weighted by atomic mass is 35.5.